The summed E-state index contributed by atoms with van der Waals surface area (Å²) >= 11 is 0. The Labute approximate surface area is 274 Å². The minimum Gasteiger partial charge on any atom is -0.327 e. The Morgan fingerprint density at radius 3 is 1.91 bits per heavy atom. The molecule has 0 bridgehead atoms. The molecule has 0 fully saturated rings. The first kappa shape index (κ1) is 27.3. The summed E-state index contributed by atoms with van der Waals surface area (Å²) in [5.41, 5.74) is 11.3. The van der Waals surface area contributed by atoms with Crippen molar-refractivity contribution in [2.75, 3.05) is 0 Å². The van der Waals surface area contributed by atoms with Crippen LogP contribution in [0.15, 0.2) is 158 Å². The van der Waals surface area contributed by atoms with Gasteiger partial charge in [-0.15, -0.1) is 29.8 Å². The van der Waals surface area contributed by atoms with Gasteiger partial charge in [0.1, 0.15) is 0 Å². The second-order valence-corrected chi connectivity index (χ2v) is 11.2. The van der Waals surface area contributed by atoms with Crippen molar-refractivity contribution in [3.63, 3.8) is 0 Å². The average Bonchev–Trinajstić information content (AvgIpc) is 3.60. The molecule has 45 heavy (non-hydrogen) atoms. The third-order valence-electron chi connectivity index (χ3n) is 8.66. The second-order valence-electron chi connectivity index (χ2n) is 11.2. The van der Waals surface area contributed by atoms with Crippen molar-refractivity contribution in [2.24, 2.45) is 0 Å². The van der Waals surface area contributed by atoms with Crippen LogP contribution < -0.4 is 0 Å². The molecule has 0 N–H and O–H groups in total. The van der Waals surface area contributed by atoms with E-state index in [2.05, 4.69) is 148 Å². The number of rotatable bonds is 4. The zero-order valence-electron chi connectivity index (χ0n) is 24.2. The predicted octanol–water partition coefficient (Wildman–Crippen LogP) is 10.4. The van der Waals surface area contributed by atoms with Gasteiger partial charge in [-0.05, 0) is 71.0 Å². The van der Waals surface area contributed by atoms with Gasteiger partial charge < -0.3 is 14.1 Å². The number of hydrogen-bond acceptors (Lipinski definition) is 1. The molecule has 0 aliphatic carbocycles. The molecule has 3 aromatic heterocycles. The molecule has 0 atom stereocenters. The molecule has 3 heterocycles. The van der Waals surface area contributed by atoms with Gasteiger partial charge in [0, 0.05) is 53.5 Å². The van der Waals surface area contributed by atoms with Gasteiger partial charge in [-0.25, -0.2) is 0 Å². The van der Waals surface area contributed by atoms with Crippen molar-refractivity contribution >= 4 is 43.6 Å². The number of benzene rings is 6. The van der Waals surface area contributed by atoms with Crippen LogP contribution in [0.1, 0.15) is 0 Å². The zero-order chi connectivity index (χ0) is 29.0. The Hall–Kier alpha value is -5.28. The molecule has 215 valence electrons. The molecule has 0 saturated carbocycles. The van der Waals surface area contributed by atoms with Crippen molar-refractivity contribution < 1.29 is 20.1 Å². The van der Waals surface area contributed by atoms with Crippen LogP contribution in [0.3, 0.4) is 0 Å². The van der Waals surface area contributed by atoms with Gasteiger partial charge in [0.25, 0.3) is 0 Å². The first-order valence-corrected chi connectivity index (χ1v) is 14.9. The van der Waals surface area contributed by atoms with Gasteiger partial charge in [0.2, 0.25) is 0 Å². The van der Waals surface area contributed by atoms with Crippen LogP contribution in [0.25, 0.3) is 77.4 Å². The normalized spacial score (nSPS) is 11.4. The smallest absolute Gasteiger partial charge is 0.0562 e. The fourth-order valence-corrected chi connectivity index (χ4v) is 6.69. The molecule has 0 unspecified atom stereocenters. The van der Waals surface area contributed by atoms with Crippen molar-refractivity contribution in [2.45, 2.75) is 0 Å². The van der Waals surface area contributed by atoms with Crippen molar-refractivity contribution in [1.82, 2.24) is 14.1 Å². The van der Waals surface area contributed by atoms with Crippen LogP contribution >= 0.6 is 0 Å². The third kappa shape index (κ3) is 4.42. The van der Waals surface area contributed by atoms with E-state index in [-0.39, 0.29) is 20.1 Å². The molecular weight excluding hydrogens is 727 g/mol. The summed E-state index contributed by atoms with van der Waals surface area (Å²) in [5.74, 6) is 0. The molecule has 9 rings (SSSR count). The fourth-order valence-electron chi connectivity index (χ4n) is 6.69. The number of para-hydroxylation sites is 2. The SMILES string of the molecule is [Ir].[c-]1ccc(-n2c3ccccc3c3cc4c5cc(-c6ccccc6)ccc5n(-c5ccccc5)c4cc32)cc1-c1ccccn1. The minimum absolute atomic E-state index is 0. The van der Waals surface area contributed by atoms with Crippen molar-refractivity contribution in [3.05, 3.63) is 164 Å². The summed E-state index contributed by atoms with van der Waals surface area (Å²) in [6, 6.07) is 57.4. The Morgan fingerprint density at radius 1 is 0.444 bits per heavy atom. The molecule has 0 saturated heterocycles. The predicted molar refractivity (Wildman–Crippen MR) is 183 cm³/mol. The number of fused-ring (bicyclic) bond motifs is 6. The van der Waals surface area contributed by atoms with E-state index in [4.69, 9.17) is 0 Å². The maximum absolute atomic E-state index is 4.59. The van der Waals surface area contributed by atoms with Crippen molar-refractivity contribution in [1.29, 1.82) is 0 Å². The average molecular weight is 753 g/mol. The first-order chi connectivity index (χ1) is 21.8. The van der Waals surface area contributed by atoms with Gasteiger partial charge in [-0.2, -0.15) is 0 Å². The quantitative estimate of drug-likeness (QED) is 0.164. The van der Waals surface area contributed by atoms with Gasteiger partial charge in [-0.1, -0.05) is 84.9 Å². The zero-order valence-corrected chi connectivity index (χ0v) is 26.6. The van der Waals surface area contributed by atoms with Crippen LogP contribution in [0.5, 0.6) is 0 Å². The molecule has 9 aromatic rings. The summed E-state index contributed by atoms with van der Waals surface area (Å²) in [5, 5.41) is 4.96. The Kier molecular flexibility index (Phi) is 6.68. The van der Waals surface area contributed by atoms with Gasteiger partial charge in [0.15, 0.2) is 0 Å². The summed E-state index contributed by atoms with van der Waals surface area (Å²) in [6.07, 6.45) is 1.83. The summed E-state index contributed by atoms with van der Waals surface area (Å²) in [7, 11) is 0. The third-order valence-corrected chi connectivity index (χ3v) is 8.66. The fraction of sp³-hybridized carbons (Fsp3) is 0. The van der Waals surface area contributed by atoms with Crippen LogP contribution in [-0.4, -0.2) is 14.1 Å². The first-order valence-electron chi connectivity index (χ1n) is 14.9. The maximum atomic E-state index is 4.59. The Balaban J connectivity index is 0.00000300. The molecule has 6 aromatic carbocycles. The topological polar surface area (TPSA) is 22.8 Å². The molecule has 3 nitrogen and oxygen atoms in total. The Morgan fingerprint density at radius 2 is 1.11 bits per heavy atom. The van der Waals surface area contributed by atoms with E-state index in [1.807, 2.05) is 30.5 Å². The molecular formula is C41H26IrN3-. The number of aromatic nitrogens is 3. The van der Waals surface area contributed by atoms with Crippen molar-refractivity contribution in [3.8, 4) is 33.8 Å². The molecule has 0 aliphatic rings. The van der Waals surface area contributed by atoms with E-state index >= 15 is 0 Å². The van der Waals surface area contributed by atoms with Crippen LogP contribution in [0.4, 0.5) is 0 Å². The summed E-state index contributed by atoms with van der Waals surface area (Å²) in [6.45, 7) is 0. The number of pyridine rings is 1. The molecule has 1 radical (unpaired) electrons. The molecule has 0 spiro atoms. The number of hydrogen-bond donors (Lipinski definition) is 0. The largest absolute Gasteiger partial charge is 0.327 e. The van der Waals surface area contributed by atoms with Crippen LogP contribution in [0, 0.1) is 6.07 Å². The van der Waals surface area contributed by atoms with Crippen LogP contribution in [0.2, 0.25) is 0 Å². The maximum Gasteiger partial charge on any atom is 0.0562 e. The van der Waals surface area contributed by atoms with Gasteiger partial charge >= 0.3 is 0 Å². The molecule has 0 amide bonds. The summed E-state index contributed by atoms with van der Waals surface area (Å²) in [4.78, 5) is 4.59. The van der Waals surface area contributed by atoms with E-state index in [1.165, 1.54) is 54.7 Å². The monoisotopic (exact) mass is 753 g/mol. The van der Waals surface area contributed by atoms with E-state index in [1.54, 1.807) is 0 Å². The Bertz CT molecular complexity index is 2480. The standard InChI is InChI=1S/C41H26N3.Ir/c1-3-12-28(13-4-1)29-21-22-39-34(25-29)36-26-35-33-18-7-8-20-38(33)44(32-17-11-14-30(24-32)37-19-9-10-23-42-37)40(35)27-41(36)43(39)31-15-5-2-6-16-31;/h1-13,15-27H;/q-1;. The van der Waals surface area contributed by atoms with E-state index in [0.717, 1.165) is 22.6 Å². The minimum atomic E-state index is 0. The number of nitrogens with zero attached hydrogens (tertiary/aromatic N) is 3. The van der Waals surface area contributed by atoms with Gasteiger partial charge in [0.05, 0.1) is 22.1 Å². The van der Waals surface area contributed by atoms with E-state index in [0.29, 0.717) is 0 Å². The second kappa shape index (κ2) is 11.0. The van der Waals surface area contributed by atoms with E-state index < -0.39 is 0 Å². The van der Waals surface area contributed by atoms with Gasteiger partial charge in [-0.3, -0.25) is 0 Å². The van der Waals surface area contributed by atoms with Crippen LogP contribution in [-0.2, 0) is 20.1 Å². The van der Waals surface area contributed by atoms with E-state index in [9.17, 15) is 0 Å². The molecule has 4 heteroatoms. The summed E-state index contributed by atoms with van der Waals surface area (Å²) < 4.78 is 4.78. The molecule has 0 aliphatic heterocycles.